The number of ether oxygens (including phenoxy) is 1. The number of hydrogen-bond acceptors (Lipinski definition) is 3. The monoisotopic (exact) mass is 193 g/mol. The van der Waals surface area contributed by atoms with Crippen molar-refractivity contribution in [1.29, 1.82) is 0 Å². The lowest BCUT2D eigenvalue weighted by Crippen LogP contribution is -2.08. The van der Waals surface area contributed by atoms with Crippen LogP contribution in [0.1, 0.15) is 34.2 Å². The van der Waals surface area contributed by atoms with E-state index < -0.39 is 0 Å². The fourth-order valence-corrected chi connectivity index (χ4v) is 1.60. The summed E-state index contributed by atoms with van der Waals surface area (Å²) in [6.45, 7) is 5.98. The van der Waals surface area contributed by atoms with Crippen molar-refractivity contribution >= 4 is 5.97 Å². The highest BCUT2D eigenvalue weighted by molar-refractivity contribution is 5.87. The minimum absolute atomic E-state index is 0.376. The normalized spacial score (nSPS) is 10.0. The molecule has 0 saturated carbocycles. The number of pyridine rings is 1. The molecule has 0 bridgehead atoms. The van der Waals surface area contributed by atoms with Crippen molar-refractivity contribution in [2.24, 2.45) is 0 Å². The van der Waals surface area contributed by atoms with Crippen molar-refractivity contribution in [3.63, 3.8) is 0 Å². The number of nitrogens with zero attached hydrogens (tertiary/aromatic N) is 1. The number of aryl methyl sites for hydroxylation is 2. The average Bonchev–Trinajstić information content (AvgIpc) is 2.16. The fourth-order valence-electron chi connectivity index (χ4n) is 1.60. The molecule has 0 unspecified atom stereocenters. The Balaban J connectivity index is 3.20. The maximum Gasteiger partial charge on any atom is 0.356 e. The number of rotatable bonds is 2. The van der Waals surface area contributed by atoms with Gasteiger partial charge in [-0.1, -0.05) is 6.92 Å². The van der Waals surface area contributed by atoms with Crippen LogP contribution >= 0.6 is 0 Å². The first-order chi connectivity index (χ1) is 6.60. The van der Waals surface area contributed by atoms with Gasteiger partial charge in [0.2, 0.25) is 0 Å². The number of carbonyl (C=O) groups is 1. The van der Waals surface area contributed by atoms with Crippen LogP contribution in [0.4, 0.5) is 0 Å². The first-order valence-electron chi connectivity index (χ1n) is 4.65. The number of esters is 1. The van der Waals surface area contributed by atoms with Crippen LogP contribution in [0.3, 0.4) is 0 Å². The third-order valence-corrected chi connectivity index (χ3v) is 2.30. The second-order valence-corrected chi connectivity index (χ2v) is 3.23. The topological polar surface area (TPSA) is 39.2 Å². The molecule has 0 radical (unpaired) electrons. The van der Waals surface area contributed by atoms with Crippen LogP contribution in [-0.4, -0.2) is 18.1 Å². The van der Waals surface area contributed by atoms with Gasteiger partial charge in [0, 0.05) is 5.69 Å². The van der Waals surface area contributed by atoms with Gasteiger partial charge in [-0.25, -0.2) is 9.78 Å². The van der Waals surface area contributed by atoms with E-state index in [-0.39, 0.29) is 5.97 Å². The largest absolute Gasteiger partial charge is 0.464 e. The summed E-state index contributed by atoms with van der Waals surface area (Å²) in [5.41, 5.74) is 3.60. The van der Waals surface area contributed by atoms with Gasteiger partial charge in [0.1, 0.15) is 5.69 Å². The molecular weight excluding hydrogens is 178 g/mol. The third kappa shape index (κ3) is 1.92. The standard InChI is InChI=1S/C11H15NO2/c1-5-9-7(2)6-10(11(13)14-4)12-8(9)3/h6H,5H2,1-4H3. The van der Waals surface area contributed by atoms with Gasteiger partial charge in [0.25, 0.3) is 0 Å². The molecular formula is C11H15NO2. The van der Waals surface area contributed by atoms with Crippen molar-refractivity contribution < 1.29 is 9.53 Å². The highest BCUT2D eigenvalue weighted by Crippen LogP contribution is 2.14. The molecule has 0 atom stereocenters. The van der Waals surface area contributed by atoms with Crippen molar-refractivity contribution in [2.75, 3.05) is 7.11 Å². The molecule has 0 fully saturated rings. The number of carbonyl (C=O) groups excluding carboxylic acids is 1. The number of methoxy groups -OCH3 is 1. The van der Waals surface area contributed by atoms with Gasteiger partial charge in [-0.3, -0.25) is 0 Å². The molecule has 0 aromatic carbocycles. The van der Waals surface area contributed by atoms with E-state index in [1.165, 1.54) is 12.7 Å². The van der Waals surface area contributed by atoms with E-state index in [1.807, 2.05) is 13.8 Å². The highest BCUT2D eigenvalue weighted by atomic mass is 16.5. The molecule has 3 nitrogen and oxygen atoms in total. The van der Waals surface area contributed by atoms with Gasteiger partial charge in [-0.2, -0.15) is 0 Å². The molecule has 0 spiro atoms. The second-order valence-electron chi connectivity index (χ2n) is 3.23. The lowest BCUT2D eigenvalue weighted by molar-refractivity contribution is 0.0593. The van der Waals surface area contributed by atoms with E-state index in [1.54, 1.807) is 6.07 Å². The first-order valence-corrected chi connectivity index (χ1v) is 4.65. The lowest BCUT2D eigenvalue weighted by atomic mass is 10.0. The molecule has 0 aliphatic heterocycles. The van der Waals surface area contributed by atoms with E-state index in [4.69, 9.17) is 0 Å². The van der Waals surface area contributed by atoms with E-state index in [9.17, 15) is 4.79 Å². The fraction of sp³-hybridized carbons (Fsp3) is 0.455. The van der Waals surface area contributed by atoms with Crippen LogP contribution in [0.15, 0.2) is 6.07 Å². The molecule has 0 saturated heterocycles. The summed E-state index contributed by atoms with van der Waals surface area (Å²) in [5.74, 6) is -0.376. The molecule has 14 heavy (non-hydrogen) atoms. The van der Waals surface area contributed by atoms with Gasteiger partial charge < -0.3 is 4.74 Å². The van der Waals surface area contributed by atoms with Crippen LogP contribution in [0.2, 0.25) is 0 Å². The Morgan fingerprint density at radius 1 is 1.50 bits per heavy atom. The summed E-state index contributed by atoms with van der Waals surface area (Å²) >= 11 is 0. The van der Waals surface area contributed by atoms with Crippen LogP contribution in [0.25, 0.3) is 0 Å². The van der Waals surface area contributed by atoms with Crippen LogP contribution < -0.4 is 0 Å². The molecule has 0 aliphatic carbocycles. The minimum Gasteiger partial charge on any atom is -0.464 e. The summed E-state index contributed by atoms with van der Waals surface area (Å²) in [5, 5.41) is 0. The highest BCUT2D eigenvalue weighted by Gasteiger charge is 2.11. The van der Waals surface area contributed by atoms with E-state index in [0.717, 1.165) is 17.7 Å². The smallest absolute Gasteiger partial charge is 0.356 e. The lowest BCUT2D eigenvalue weighted by Gasteiger charge is -2.08. The molecule has 1 rings (SSSR count). The zero-order chi connectivity index (χ0) is 10.7. The van der Waals surface area contributed by atoms with Crippen molar-refractivity contribution in [3.05, 3.63) is 28.6 Å². The van der Waals surface area contributed by atoms with E-state index in [0.29, 0.717) is 5.69 Å². The molecule has 0 aliphatic rings. The first kappa shape index (κ1) is 10.7. The molecule has 76 valence electrons. The predicted octanol–water partition coefficient (Wildman–Crippen LogP) is 2.05. The van der Waals surface area contributed by atoms with Crippen molar-refractivity contribution in [1.82, 2.24) is 4.98 Å². The number of aromatic nitrogens is 1. The van der Waals surface area contributed by atoms with Crippen molar-refractivity contribution in [3.8, 4) is 0 Å². The maximum atomic E-state index is 11.2. The quantitative estimate of drug-likeness (QED) is 0.675. The summed E-state index contributed by atoms with van der Waals surface area (Å²) in [6.07, 6.45) is 0.937. The molecule has 3 heteroatoms. The summed E-state index contributed by atoms with van der Waals surface area (Å²) in [4.78, 5) is 15.4. The Hall–Kier alpha value is -1.38. The zero-order valence-electron chi connectivity index (χ0n) is 9.05. The summed E-state index contributed by atoms with van der Waals surface area (Å²) < 4.78 is 4.62. The van der Waals surface area contributed by atoms with Gasteiger partial charge in [0.05, 0.1) is 7.11 Å². The van der Waals surface area contributed by atoms with E-state index in [2.05, 4.69) is 16.6 Å². The number of hydrogen-bond donors (Lipinski definition) is 0. The Kier molecular flexibility index (Phi) is 3.23. The Labute approximate surface area is 84.1 Å². The SMILES string of the molecule is CCc1c(C)cc(C(=O)OC)nc1C. The van der Waals surface area contributed by atoms with Crippen LogP contribution in [-0.2, 0) is 11.2 Å². The van der Waals surface area contributed by atoms with Gasteiger partial charge in [0.15, 0.2) is 0 Å². The minimum atomic E-state index is -0.376. The van der Waals surface area contributed by atoms with Crippen molar-refractivity contribution in [2.45, 2.75) is 27.2 Å². The second kappa shape index (κ2) is 4.22. The van der Waals surface area contributed by atoms with Gasteiger partial charge >= 0.3 is 5.97 Å². The molecule has 1 aromatic heterocycles. The van der Waals surface area contributed by atoms with Gasteiger partial charge in [-0.15, -0.1) is 0 Å². The Bertz CT molecular complexity index is 335. The summed E-state index contributed by atoms with van der Waals surface area (Å²) in [7, 11) is 1.36. The van der Waals surface area contributed by atoms with E-state index >= 15 is 0 Å². The zero-order valence-corrected chi connectivity index (χ0v) is 9.05. The predicted molar refractivity (Wildman–Crippen MR) is 54.4 cm³/mol. The Morgan fingerprint density at radius 3 is 2.57 bits per heavy atom. The third-order valence-electron chi connectivity index (χ3n) is 2.30. The Morgan fingerprint density at radius 2 is 2.14 bits per heavy atom. The molecule has 1 aromatic rings. The summed E-state index contributed by atoms with van der Waals surface area (Å²) in [6, 6.07) is 1.78. The van der Waals surface area contributed by atoms with Gasteiger partial charge in [-0.05, 0) is 37.5 Å². The molecule has 0 amide bonds. The molecule has 0 N–H and O–H groups in total. The van der Waals surface area contributed by atoms with Crippen LogP contribution in [0.5, 0.6) is 0 Å². The van der Waals surface area contributed by atoms with Crippen LogP contribution in [0, 0.1) is 13.8 Å². The average molecular weight is 193 g/mol. The maximum absolute atomic E-state index is 11.2. The molecule has 1 heterocycles.